The van der Waals surface area contributed by atoms with Crippen LogP contribution < -0.4 is 0 Å². The van der Waals surface area contributed by atoms with Crippen LogP contribution in [-0.4, -0.2) is 42.1 Å². The lowest BCUT2D eigenvalue weighted by Crippen LogP contribution is -2.31. The second-order valence-corrected chi connectivity index (χ2v) is 8.93. The van der Waals surface area contributed by atoms with Gasteiger partial charge in [0, 0.05) is 37.6 Å². The number of rotatable bonds is 7. The largest absolute Gasteiger partial charge is 0.334 e. The SMILES string of the molecule is CCN(Cc1ccncc1)C(=O)c1cnn(-c2ncc(C)c(-c3cccs3)n2)c1C1CC1. The number of carbonyl (C=O) groups is 1. The zero-order valence-electron chi connectivity index (χ0n) is 18.1. The quantitative estimate of drug-likeness (QED) is 0.415. The molecule has 1 aliphatic rings. The highest BCUT2D eigenvalue weighted by Crippen LogP contribution is 2.42. The van der Waals surface area contributed by atoms with Crippen molar-refractivity contribution in [3.05, 3.63) is 76.8 Å². The van der Waals surface area contributed by atoms with Crippen LogP contribution >= 0.6 is 11.3 Å². The Bertz CT molecular complexity index is 1230. The minimum absolute atomic E-state index is 0.0111. The smallest absolute Gasteiger partial charge is 0.257 e. The molecule has 8 heteroatoms. The molecule has 1 amide bonds. The van der Waals surface area contributed by atoms with Crippen LogP contribution in [0.2, 0.25) is 0 Å². The van der Waals surface area contributed by atoms with Gasteiger partial charge in [0.05, 0.1) is 28.0 Å². The van der Waals surface area contributed by atoms with Gasteiger partial charge in [-0.2, -0.15) is 5.10 Å². The summed E-state index contributed by atoms with van der Waals surface area (Å²) >= 11 is 1.65. The molecular weight excluding hydrogens is 420 g/mol. The van der Waals surface area contributed by atoms with Gasteiger partial charge in [-0.1, -0.05) is 6.07 Å². The lowest BCUT2D eigenvalue weighted by atomic mass is 10.1. The fraction of sp³-hybridized carbons (Fsp3) is 0.292. The number of pyridine rings is 1. The average Bonchev–Trinajstić information content (AvgIpc) is 3.33. The number of aromatic nitrogens is 5. The Morgan fingerprint density at radius 1 is 1.22 bits per heavy atom. The molecule has 5 rings (SSSR count). The van der Waals surface area contributed by atoms with E-state index in [1.807, 2.05) is 48.5 Å². The number of nitrogens with zero attached hydrogens (tertiary/aromatic N) is 6. The van der Waals surface area contributed by atoms with E-state index >= 15 is 0 Å². The van der Waals surface area contributed by atoms with Crippen LogP contribution in [0, 0.1) is 6.92 Å². The van der Waals surface area contributed by atoms with E-state index < -0.39 is 0 Å². The number of hydrogen-bond donors (Lipinski definition) is 0. The first kappa shape index (κ1) is 20.5. The number of carbonyl (C=O) groups excluding carboxylic acids is 1. The highest BCUT2D eigenvalue weighted by Gasteiger charge is 2.34. The third-order valence-electron chi connectivity index (χ3n) is 5.70. The van der Waals surface area contributed by atoms with Crippen molar-refractivity contribution in [3.63, 3.8) is 0 Å². The lowest BCUT2D eigenvalue weighted by molar-refractivity contribution is 0.0751. The van der Waals surface area contributed by atoms with E-state index in [2.05, 4.69) is 21.1 Å². The number of thiophene rings is 1. The molecule has 32 heavy (non-hydrogen) atoms. The van der Waals surface area contributed by atoms with Gasteiger partial charge in [0.25, 0.3) is 11.9 Å². The average molecular weight is 445 g/mol. The fourth-order valence-corrected chi connectivity index (χ4v) is 4.61. The normalized spacial score (nSPS) is 13.3. The number of hydrogen-bond acceptors (Lipinski definition) is 6. The van der Waals surface area contributed by atoms with Crippen LogP contribution in [0.3, 0.4) is 0 Å². The Labute approximate surface area is 190 Å². The van der Waals surface area contributed by atoms with Crippen LogP contribution in [-0.2, 0) is 6.54 Å². The monoisotopic (exact) mass is 444 g/mol. The second-order valence-electron chi connectivity index (χ2n) is 7.98. The van der Waals surface area contributed by atoms with E-state index in [1.165, 1.54) is 0 Å². The summed E-state index contributed by atoms with van der Waals surface area (Å²) in [6.07, 6.45) is 9.11. The summed E-state index contributed by atoms with van der Waals surface area (Å²) in [4.78, 5) is 29.9. The Morgan fingerprint density at radius 3 is 2.72 bits per heavy atom. The van der Waals surface area contributed by atoms with Gasteiger partial charge in [-0.3, -0.25) is 9.78 Å². The van der Waals surface area contributed by atoms with Gasteiger partial charge in [-0.05, 0) is 61.4 Å². The molecular formula is C24H24N6OS. The van der Waals surface area contributed by atoms with E-state index in [0.29, 0.717) is 30.5 Å². The Hall–Kier alpha value is -3.39. The summed E-state index contributed by atoms with van der Waals surface area (Å²) in [5.41, 5.74) is 4.54. The first-order valence-corrected chi connectivity index (χ1v) is 11.7. The molecule has 0 radical (unpaired) electrons. The molecule has 0 unspecified atom stereocenters. The standard InChI is InChI=1S/C24H24N6OS/c1-3-29(15-17-8-10-25-11-9-17)23(31)19-14-27-30(22(19)18-6-7-18)24-26-13-16(2)21(28-24)20-5-4-12-32-20/h4-5,8-14,18H,3,6-7,15H2,1-2H3. The predicted molar refractivity (Wildman–Crippen MR) is 124 cm³/mol. The van der Waals surface area contributed by atoms with E-state index in [9.17, 15) is 4.79 Å². The predicted octanol–water partition coefficient (Wildman–Crippen LogP) is 4.63. The molecule has 7 nitrogen and oxygen atoms in total. The minimum atomic E-state index is -0.0111. The van der Waals surface area contributed by atoms with Crippen molar-refractivity contribution in [2.24, 2.45) is 0 Å². The first-order chi connectivity index (χ1) is 15.7. The topological polar surface area (TPSA) is 76.8 Å². The number of aryl methyl sites for hydroxylation is 1. The minimum Gasteiger partial charge on any atom is -0.334 e. The van der Waals surface area contributed by atoms with Crippen molar-refractivity contribution in [2.75, 3.05) is 6.54 Å². The highest BCUT2D eigenvalue weighted by molar-refractivity contribution is 7.13. The maximum atomic E-state index is 13.5. The van der Waals surface area contributed by atoms with Crippen molar-refractivity contribution in [3.8, 4) is 16.5 Å². The summed E-state index contributed by atoms with van der Waals surface area (Å²) in [5.74, 6) is 0.811. The molecule has 0 bridgehead atoms. The molecule has 4 heterocycles. The van der Waals surface area contributed by atoms with Gasteiger partial charge in [0.2, 0.25) is 0 Å². The molecule has 162 valence electrons. The summed E-state index contributed by atoms with van der Waals surface area (Å²) in [7, 11) is 0. The summed E-state index contributed by atoms with van der Waals surface area (Å²) in [6, 6.07) is 7.95. The molecule has 0 N–H and O–H groups in total. The van der Waals surface area contributed by atoms with Crippen LogP contribution in [0.4, 0.5) is 0 Å². The maximum absolute atomic E-state index is 13.5. The third-order valence-corrected chi connectivity index (χ3v) is 6.57. The number of amides is 1. The third kappa shape index (κ3) is 3.93. The van der Waals surface area contributed by atoms with E-state index in [1.54, 1.807) is 34.6 Å². The van der Waals surface area contributed by atoms with Crippen molar-refractivity contribution >= 4 is 17.2 Å². The summed E-state index contributed by atoms with van der Waals surface area (Å²) in [6.45, 7) is 5.16. The Morgan fingerprint density at radius 2 is 2.03 bits per heavy atom. The molecule has 1 aliphatic carbocycles. The first-order valence-electron chi connectivity index (χ1n) is 10.8. The van der Waals surface area contributed by atoms with E-state index in [-0.39, 0.29) is 5.91 Å². The van der Waals surface area contributed by atoms with Gasteiger partial charge in [0.1, 0.15) is 0 Å². The van der Waals surface area contributed by atoms with Gasteiger partial charge >= 0.3 is 0 Å². The van der Waals surface area contributed by atoms with Crippen molar-refractivity contribution in [2.45, 2.75) is 39.2 Å². The van der Waals surface area contributed by atoms with E-state index in [4.69, 9.17) is 4.98 Å². The molecule has 0 atom stereocenters. The van der Waals surface area contributed by atoms with Gasteiger partial charge in [-0.25, -0.2) is 14.6 Å². The van der Waals surface area contributed by atoms with Gasteiger partial charge in [0.15, 0.2) is 0 Å². The maximum Gasteiger partial charge on any atom is 0.257 e. The van der Waals surface area contributed by atoms with Crippen LogP contribution in [0.1, 0.15) is 52.9 Å². The van der Waals surface area contributed by atoms with Crippen LogP contribution in [0.15, 0.2) is 54.4 Å². The van der Waals surface area contributed by atoms with Crippen molar-refractivity contribution in [1.29, 1.82) is 0 Å². The molecule has 0 aromatic carbocycles. The van der Waals surface area contributed by atoms with Gasteiger partial charge < -0.3 is 4.90 Å². The molecule has 4 aromatic heterocycles. The van der Waals surface area contributed by atoms with Crippen LogP contribution in [0.25, 0.3) is 16.5 Å². The van der Waals surface area contributed by atoms with Crippen LogP contribution in [0.5, 0.6) is 0 Å². The van der Waals surface area contributed by atoms with E-state index in [0.717, 1.165) is 40.2 Å². The fourth-order valence-electron chi connectivity index (χ4n) is 3.84. The van der Waals surface area contributed by atoms with Crippen molar-refractivity contribution in [1.82, 2.24) is 29.6 Å². The molecule has 4 aromatic rings. The highest BCUT2D eigenvalue weighted by atomic mass is 32.1. The zero-order chi connectivity index (χ0) is 22.1. The lowest BCUT2D eigenvalue weighted by Gasteiger charge is -2.21. The molecule has 1 fully saturated rings. The summed E-state index contributed by atoms with van der Waals surface area (Å²) < 4.78 is 1.77. The van der Waals surface area contributed by atoms with Crippen molar-refractivity contribution < 1.29 is 4.79 Å². The van der Waals surface area contributed by atoms with Gasteiger partial charge in [-0.15, -0.1) is 11.3 Å². The zero-order valence-corrected chi connectivity index (χ0v) is 18.9. The Balaban J connectivity index is 1.51. The molecule has 0 saturated heterocycles. The molecule has 1 saturated carbocycles. The molecule has 0 spiro atoms. The second kappa shape index (κ2) is 8.63. The summed E-state index contributed by atoms with van der Waals surface area (Å²) in [5, 5.41) is 6.62. The Kier molecular flexibility index (Phi) is 5.53. The molecule has 0 aliphatic heterocycles.